The van der Waals surface area contributed by atoms with Gasteiger partial charge in [-0.2, -0.15) is 4.31 Å². The van der Waals surface area contributed by atoms with Gasteiger partial charge >= 0.3 is 0 Å². The van der Waals surface area contributed by atoms with Crippen LogP contribution in [0.2, 0.25) is 5.02 Å². The van der Waals surface area contributed by atoms with Crippen molar-refractivity contribution in [2.45, 2.75) is 24.8 Å². The Kier molecular flexibility index (Phi) is 6.58. The Bertz CT molecular complexity index is 1820. The van der Waals surface area contributed by atoms with Gasteiger partial charge in [-0.15, -0.1) is 0 Å². The highest BCUT2D eigenvalue weighted by Gasteiger charge is 2.33. The molecule has 4 aromatic carbocycles. The topological polar surface area (TPSA) is 72.3 Å². The normalized spacial score (nSPS) is 12.9. The predicted molar refractivity (Wildman–Crippen MR) is 144 cm³/mol. The smallest absolute Gasteiger partial charge is 0.266 e. The Morgan fingerprint density at radius 2 is 1.65 bits per heavy atom. The number of aromatic nitrogens is 2. The fourth-order valence-corrected chi connectivity index (χ4v) is 6.62. The first-order valence-electron chi connectivity index (χ1n) is 11.7. The molecule has 1 heterocycles. The van der Waals surface area contributed by atoms with Crippen LogP contribution in [0.5, 0.6) is 0 Å². The van der Waals surface area contributed by atoms with Crippen molar-refractivity contribution in [2.24, 2.45) is 0 Å². The zero-order valence-electron chi connectivity index (χ0n) is 20.1. The summed E-state index contributed by atoms with van der Waals surface area (Å²) in [6, 6.07) is 22.3. The number of fused-ring (bicyclic) bond motifs is 2. The van der Waals surface area contributed by atoms with Gasteiger partial charge in [-0.1, -0.05) is 67.1 Å². The van der Waals surface area contributed by atoms with E-state index in [9.17, 15) is 17.6 Å². The van der Waals surface area contributed by atoms with Gasteiger partial charge in [-0.05, 0) is 48.7 Å². The van der Waals surface area contributed by atoms with Crippen molar-refractivity contribution < 1.29 is 12.8 Å². The molecule has 1 atom stereocenters. The van der Waals surface area contributed by atoms with Gasteiger partial charge in [0.15, 0.2) is 0 Å². The molecule has 1 aromatic heterocycles. The second kappa shape index (κ2) is 9.70. The largest absolute Gasteiger partial charge is 0.268 e. The highest BCUT2D eigenvalue weighted by molar-refractivity contribution is 7.89. The van der Waals surface area contributed by atoms with Gasteiger partial charge in [0.05, 0.1) is 32.6 Å². The zero-order valence-corrected chi connectivity index (χ0v) is 21.7. The first-order chi connectivity index (χ1) is 17.7. The Morgan fingerprint density at radius 3 is 2.38 bits per heavy atom. The second-order valence-corrected chi connectivity index (χ2v) is 10.9. The zero-order chi connectivity index (χ0) is 26.3. The summed E-state index contributed by atoms with van der Waals surface area (Å²) >= 11 is 6.05. The average Bonchev–Trinajstić information content (AvgIpc) is 2.90. The van der Waals surface area contributed by atoms with E-state index in [1.54, 1.807) is 62.4 Å². The summed E-state index contributed by atoms with van der Waals surface area (Å²) in [6.07, 6.45) is 0. The van der Waals surface area contributed by atoms with Crippen molar-refractivity contribution >= 4 is 43.3 Å². The van der Waals surface area contributed by atoms with Crippen molar-refractivity contribution in [2.75, 3.05) is 6.54 Å². The Morgan fingerprint density at radius 1 is 0.973 bits per heavy atom. The lowest BCUT2D eigenvalue weighted by Crippen LogP contribution is -2.37. The van der Waals surface area contributed by atoms with Gasteiger partial charge in [-0.25, -0.2) is 17.8 Å². The molecule has 0 fully saturated rings. The summed E-state index contributed by atoms with van der Waals surface area (Å²) in [6.45, 7) is 3.54. The number of hydrogen-bond acceptors (Lipinski definition) is 4. The molecule has 6 nitrogen and oxygen atoms in total. The molecule has 0 radical (unpaired) electrons. The Labute approximate surface area is 218 Å². The van der Waals surface area contributed by atoms with Crippen LogP contribution < -0.4 is 5.56 Å². The molecule has 5 rings (SSSR count). The van der Waals surface area contributed by atoms with E-state index in [1.165, 1.54) is 21.0 Å². The van der Waals surface area contributed by atoms with Gasteiger partial charge < -0.3 is 0 Å². The van der Waals surface area contributed by atoms with Crippen LogP contribution in [0.1, 0.15) is 25.7 Å². The quantitative estimate of drug-likeness (QED) is 0.263. The molecule has 1 unspecified atom stereocenters. The molecule has 0 amide bonds. The maximum Gasteiger partial charge on any atom is 0.266 e. The van der Waals surface area contributed by atoms with E-state index in [1.807, 2.05) is 18.2 Å². The van der Waals surface area contributed by atoms with Crippen molar-refractivity contribution in [3.63, 3.8) is 0 Å². The van der Waals surface area contributed by atoms with Crippen LogP contribution in [0.15, 0.2) is 94.6 Å². The summed E-state index contributed by atoms with van der Waals surface area (Å²) in [5.74, 6) is -0.437. The molecule has 5 aromatic rings. The van der Waals surface area contributed by atoms with E-state index in [0.717, 1.165) is 11.5 Å². The lowest BCUT2D eigenvalue weighted by molar-refractivity contribution is 0.341. The maximum absolute atomic E-state index is 14.0. The van der Waals surface area contributed by atoms with E-state index in [4.69, 9.17) is 16.6 Å². The number of halogens is 2. The fourth-order valence-electron chi connectivity index (χ4n) is 4.63. The number of benzene rings is 4. The van der Waals surface area contributed by atoms with Crippen LogP contribution >= 0.6 is 11.6 Å². The summed E-state index contributed by atoms with van der Waals surface area (Å²) in [5.41, 5.74) is 0.307. The third kappa shape index (κ3) is 4.31. The van der Waals surface area contributed by atoms with Crippen molar-refractivity contribution in [3.8, 4) is 5.69 Å². The Hall–Kier alpha value is -3.59. The van der Waals surface area contributed by atoms with E-state index in [0.29, 0.717) is 16.3 Å². The van der Waals surface area contributed by atoms with Crippen molar-refractivity contribution in [3.05, 3.63) is 112 Å². The van der Waals surface area contributed by atoms with Crippen LogP contribution in [0.25, 0.3) is 27.4 Å². The molecule has 37 heavy (non-hydrogen) atoms. The minimum absolute atomic E-state index is 0.125. The highest BCUT2D eigenvalue weighted by atomic mass is 35.5. The Balaban J connectivity index is 1.74. The molecule has 0 aliphatic rings. The van der Waals surface area contributed by atoms with Crippen molar-refractivity contribution in [1.82, 2.24) is 13.9 Å². The van der Waals surface area contributed by atoms with Crippen LogP contribution in [-0.2, 0) is 10.0 Å². The fraction of sp³-hybridized carbons (Fsp3) is 0.143. The van der Waals surface area contributed by atoms with Crippen molar-refractivity contribution in [1.29, 1.82) is 0 Å². The summed E-state index contributed by atoms with van der Waals surface area (Å²) in [4.78, 5) is 18.6. The molecular formula is C28H23ClFN3O3S. The average molecular weight is 536 g/mol. The molecule has 0 bridgehead atoms. The maximum atomic E-state index is 14.0. The summed E-state index contributed by atoms with van der Waals surface area (Å²) in [7, 11) is -4.01. The molecule has 0 N–H and O–H groups in total. The third-order valence-electron chi connectivity index (χ3n) is 6.42. The van der Waals surface area contributed by atoms with E-state index < -0.39 is 27.4 Å². The van der Waals surface area contributed by atoms with Gasteiger partial charge in [-0.3, -0.25) is 9.36 Å². The molecule has 9 heteroatoms. The summed E-state index contributed by atoms with van der Waals surface area (Å²) in [5, 5.41) is 1.59. The first kappa shape index (κ1) is 25.1. The van der Waals surface area contributed by atoms with Gasteiger partial charge in [0.25, 0.3) is 5.56 Å². The third-order valence-corrected chi connectivity index (χ3v) is 8.81. The van der Waals surface area contributed by atoms with Crippen LogP contribution in [0, 0.1) is 5.82 Å². The van der Waals surface area contributed by atoms with E-state index in [2.05, 4.69) is 0 Å². The van der Waals surface area contributed by atoms with Gasteiger partial charge in [0.2, 0.25) is 10.0 Å². The number of hydrogen-bond donors (Lipinski definition) is 0. The van der Waals surface area contributed by atoms with E-state index in [-0.39, 0.29) is 28.0 Å². The molecule has 0 aliphatic heterocycles. The monoisotopic (exact) mass is 535 g/mol. The van der Waals surface area contributed by atoms with Crippen LogP contribution in [-0.4, -0.2) is 28.8 Å². The van der Waals surface area contributed by atoms with E-state index >= 15 is 0 Å². The number of rotatable bonds is 6. The van der Waals surface area contributed by atoms with Crippen LogP contribution in [0.4, 0.5) is 4.39 Å². The molecule has 188 valence electrons. The highest BCUT2D eigenvalue weighted by Crippen LogP contribution is 2.32. The molecule has 0 spiro atoms. The number of para-hydroxylation sites is 1. The minimum atomic E-state index is -4.01. The van der Waals surface area contributed by atoms with Crippen LogP contribution in [0.3, 0.4) is 0 Å². The lowest BCUT2D eigenvalue weighted by atomic mass is 10.1. The standard InChI is InChI=1S/C28H23ClFN3O3S/c1-3-32(37(35,36)26-14-8-10-19-9-4-5-11-21(19)26)18(2)27-31-25-13-7-6-12-22(25)28(34)33(27)20-15-16-24(30)23(29)17-20/h4-18H,3H2,1-2H3. The lowest BCUT2D eigenvalue weighted by Gasteiger charge is -2.29. The predicted octanol–water partition coefficient (Wildman–Crippen LogP) is 6.10. The summed E-state index contributed by atoms with van der Waals surface area (Å²) < 4.78 is 44.6. The van der Waals surface area contributed by atoms with Gasteiger partial charge in [0.1, 0.15) is 11.6 Å². The minimum Gasteiger partial charge on any atom is -0.268 e. The molecule has 0 saturated carbocycles. The first-order valence-corrected chi connectivity index (χ1v) is 13.5. The van der Waals surface area contributed by atoms with Gasteiger partial charge in [0, 0.05) is 11.9 Å². The number of nitrogens with zero attached hydrogens (tertiary/aromatic N) is 3. The SMILES string of the molecule is CCN(C(C)c1nc2ccccc2c(=O)n1-c1ccc(F)c(Cl)c1)S(=O)(=O)c1cccc2ccccc12. The molecule has 0 saturated heterocycles. The molecular weight excluding hydrogens is 513 g/mol. The molecule has 0 aliphatic carbocycles. The number of sulfonamides is 1. The second-order valence-electron chi connectivity index (χ2n) is 8.59.